The van der Waals surface area contributed by atoms with Crippen LogP contribution in [0.25, 0.3) is 22.3 Å². The van der Waals surface area contributed by atoms with Crippen molar-refractivity contribution in [2.45, 2.75) is 6.92 Å². The number of hydrogen-bond donors (Lipinski definition) is 0. The molecule has 0 amide bonds. The van der Waals surface area contributed by atoms with Crippen LogP contribution in [0.1, 0.15) is 5.56 Å². The quantitative estimate of drug-likeness (QED) is 0.338. The van der Waals surface area contributed by atoms with Gasteiger partial charge in [0, 0.05) is 10.6 Å². The van der Waals surface area contributed by atoms with Gasteiger partial charge in [-0.1, -0.05) is 41.9 Å². The molecule has 6 heteroatoms. The monoisotopic (exact) mass is 436 g/mol. The number of aryl methyl sites for hydroxylation is 1. The van der Waals surface area contributed by atoms with Crippen LogP contribution in [0, 0.1) is 6.92 Å². The Morgan fingerprint density at radius 3 is 2.29 bits per heavy atom. The van der Waals surface area contributed by atoms with Crippen LogP contribution in [-0.4, -0.2) is 20.3 Å². The molecular formula is C25H21ClO5. The minimum Gasteiger partial charge on any atom is -0.497 e. The Morgan fingerprint density at radius 2 is 1.58 bits per heavy atom. The zero-order valence-corrected chi connectivity index (χ0v) is 17.9. The van der Waals surface area contributed by atoms with Gasteiger partial charge in [0.05, 0.1) is 12.5 Å². The van der Waals surface area contributed by atoms with Gasteiger partial charge in [0.25, 0.3) is 0 Å². The first kappa shape index (κ1) is 20.8. The lowest BCUT2D eigenvalue weighted by Gasteiger charge is -2.13. The molecule has 0 aliphatic heterocycles. The highest BCUT2D eigenvalue weighted by molar-refractivity contribution is 6.32. The summed E-state index contributed by atoms with van der Waals surface area (Å²) in [6, 6.07) is 20.0. The number of ether oxygens (including phenoxy) is 3. The second-order valence-corrected chi connectivity index (χ2v) is 7.33. The maximum atomic E-state index is 13.2. The highest BCUT2D eigenvalue weighted by Gasteiger charge is 2.18. The van der Waals surface area contributed by atoms with E-state index in [2.05, 4.69) is 0 Å². The van der Waals surface area contributed by atoms with E-state index in [0.717, 1.165) is 16.9 Å². The number of fused-ring (bicyclic) bond motifs is 1. The van der Waals surface area contributed by atoms with E-state index >= 15 is 0 Å². The first-order valence-electron chi connectivity index (χ1n) is 9.79. The van der Waals surface area contributed by atoms with E-state index in [4.69, 9.17) is 30.2 Å². The fourth-order valence-corrected chi connectivity index (χ4v) is 3.35. The molecule has 5 nitrogen and oxygen atoms in total. The van der Waals surface area contributed by atoms with Crippen LogP contribution < -0.4 is 19.6 Å². The Kier molecular flexibility index (Phi) is 6.14. The summed E-state index contributed by atoms with van der Waals surface area (Å²) in [4.78, 5) is 13.2. The molecule has 0 unspecified atom stereocenters. The maximum absolute atomic E-state index is 13.2. The summed E-state index contributed by atoms with van der Waals surface area (Å²) < 4.78 is 22.8. The Morgan fingerprint density at radius 1 is 0.903 bits per heavy atom. The predicted molar refractivity (Wildman–Crippen MR) is 122 cm³/mol. The maximum Gasteiger partial charge on any atom is 0.235 e. The Labute approximate surface area is 184 Å². The van der Waals surface area contributed by atoms with Gasteiger partial charge in [-0.15, -0.1) is 0 Å². The molecule has 0 saturated heterocycles. The molecular weight excluding hydrogens is 416 g/mol. The molecule has 0 radical (unpaired) electrons. The molecule has 0 atom stereocenters. The molecule has 0 saturated carbocycles. The highest BCUT2D eigenvalue weighted by atomic mass is 35.5. The number of benzene rings is 3. The summed E-state index contributed by atoms with van der Waals surface area (Å²) in [5.41, 5.74) is 1.78. The van der Waals surface area contributed by atoms with Crippen LogP contribution in [0.15, 0.2) is 75.9 Å². The van der Waals surface area contributed by atoms with Gasteiger partial charge >= 0.3 is 0 Å². The second-order valence-electron chi connectivity index (χ2n) is 6.93. The standard InChI is InChI=1S/C25H21ClO5/c1-16-14-22-20(15-21(16)26)23(27)25(24(31-22)17-6-4-3-5-7-17)30-13-12-29-19-10-8-18(28-2)9-11-19/h3-11,14-15H,12-13H2,1-2H3. The summed E-state index contributed by atoms with van der Waals surface area (Å²) >= 11 is 6.23. The lowest BCUT2D eigenvalue weighted by Crippen LogP contribution is -2.15. The largest absolute Gasteiger partial charge is 0.497 e. The summed E-state index contributed by atoms with van der Waals surface area (Å²) in [5.74, 6) is 1.94. The van der Waals surface area contributed by atoms with Crippen LogP contribution in [0.5, 0.6) is 17.2 Å². The average Bonchev–Trinajstić information content (AvgIpc) is 2.80. The molecule has 0 aliphatic rings. The Hall–Kier alpha value is -3.44. The topological polar surface area (TPSA) is 57.9 Å². The number of halogens is 1. The SMILES string of the molecule is COc1ccc(OCCOc2c(-c3ccccc3)oc3cc(C)c(Cl)cc3c2=O)cc1. The third kappa shape index (κ3) is 4.52. The molecule has 0 spiro atoms. The lowest BCUT2D eigenvalue weighted by atomic mass is 10.1. The molecule has 158 valence electrons. The minimum atomic E-state index is -0.272. The van der Waals surface area contributed by atoms with Crippen LogP contribution in [0.4, 0.5) is 0 Å². The van der Waals surface area contributed by atoms with Gasteiger partial charge in [-0.2, -0.15) is 0 Å². The van der Waals surface area contributed by atoms with Crippen molar-refractivity contribution in [2.75, 3.05) is 20.3 Å². The summed E-state index contributed by atoms with van der Waals surface area (Å²) in [5, 5.41) is 0.877. The smallest absolute Gasteiger partial charge is 0.235 e. The van der Waals surface area contributed by atoms with E-state index in [9.17, 15) is 4.79 Å². The molecule has 0 aliphatic carbocycles. The van der Waals surface area contributed by atoms with Crippen LogP contribution >= 0.6 is 11.6 Å². The van der Waals surface area contributed by atoms with Crippen molar-refractivity contribution in [3.8, 4) is 28.6 Å². The zero-order valence-electron chi connectivity index (χ0n) is 17.2. The van der Waals surface area contributed by atoms with Crippen molar-refractivity contribution in [1.29, 1.82) is 0 Å². The van der Waals surface area contributed by atoms with Gasteiger partial charge in [-0.05, 0) is 48.9 Å². The van der Waals surface area contributed by atoms with E-state index in [1.807, 2.05) is 61.5 Å². The molecule has 3 aromatic carbocycles. The zero-order chi connectivity index (χ0) is 21.8. The second kappa shape index (κ2) is 9.14. The molecule has 1 aromatic heterocycles. The van der Waals surface area contributed by atoms with Crippen molar-refractivity contribution in [1.82, 2.24) is 0 Å². The van der Waals surface area contributed by atoms with E-state index in [1.165, 1.54) is 0 Å². The highest BCUT2D eigenvalue weighted by Crippen LogP contribution is 2.32. The Bertz CT molecular complexity index is 1250. The molecule has 31 heavy (non-hydrogen) atoms. The first-order valence-corrected chi connectivity index (χ1v) is 10.2. The van der Waals surface area contributed by atoms with Crippen molar-refractivity contribution in [3.63, 3.8) is 0 Å². The minimum absolute atomic E-state index is 0.136. The molecule has 4 aromatic rings. The van der Waals surface area contributed by atoms with Gasteiger partial charge in [0.2, 0.25) is 11.2 Å². The van der Waals surface area contributed by atoms with Crippen molar-refractivity contribution >= 4 is 22.6 Å². The van der Waals surface area contributed by atoms with Crippen LogP contribution in [0.2, 0.25) is 5.02 Å². The van der Waals surface area contributed by atoms with E-state index in [0.29, 0.717) is 27.5 Å². The van der Waals surface area contributed by atoms with Crippen molar-refractivity contribution in [3.05, 3.63) is 87.5 Å². The molecule has 0 fully saturated rings. The molecule has 1 heterocycles. The van der Waals surface area contributed by atoms with Gasteiger partial charge < -0.3 is 18.6 Å². The molecule has 0 N–H and O–H groups in total. The number of hydrogen-bond acceptors (Lipinski definition) is 5. The lowest BCUT2D eigenvalue weighted by molar-refractivity contribution is 0.214. The average molecular weight is 437 g/mol. The molecule has 4 rings (SSSR count). The van der Waals surface area contributed by atoms with E-state index < -0.39 is 0 Å². The number of rotatable bonds is 7. The molecule has 0 bridgehead atoms. The van der Waals surface area contributed by atoms with Crippen molar-refractivity contribution in [2.24, 2.45) is 0 Å². The number of methoxy groups -OCH3 is 1. The summed E-state index contributed by atoms with van der Waals surface area (Å²) in [7, 11) is 1.61. The van der Waals surface area contributed by atoms with E-state index in [1.54, 1.807) is 19.2 Å². The van der Waals surface area contributed by atoms with Crippen molar-refractivity contribution < 1.29 is 18.6 Å². The fraction of sp³-hybridized carbons (Fsp3) is 0.160. The first-order chi connectivity index (χ1) is 15.1. The van der Waals surface area contributed by atoms with Gasteiger partial charge in [-0.25, -0.2) is 0 Å². The van der Waals surface area contributed by atoms with Crippen LogP contribution in [-0.2, 0) is 0 Å². The summed E-state index contributed by atoms with van der Waals surface area (Å²) in [6.45, 7) is 2.29. The van der Waals surface area contributed by atoms with E-state index in [-0.39, 0.29) is 24.4 Å². The van der Waals surface area contributed by atoms with Crippen LogP contribution in [0.3, 0.4) is 0 Å². The third-order valence-corrected chi connectivity index (χ3v) is 5.23. The fourth-order valence-electron chi connectivity index (χ4n) is 3.18. The summed E-state index contributed by atoms with van der Waals surface area (Å²) in [6.07, 6.45) is 0. The van der Waals surface area contributed by atoms with Gasteiger partial charge in [0.15, 0.2) is 5.76 Å². The van der Waals surface area contributed by atoms with Gasteiger partial charge in [-0.3, -0.25) is 4.79 Å². The predicted octanol–water partition coefficient (Wildman–Crippen LogP) is 5.89. The third-order valence-electron chi connectivity index (χ3n) is 4.82. The van der Waals surface area contributed by atoms with Gasteiger partial charge in [0.1, 0.15) is 30.3 Å². The normalized spacial score (nSPS) is 10.8. The Balaban J connectivity index is 1.62.